The summed E-state index contributed by atoms with van der Waals surface area (Å²) in [5.74, 6) is -1.99. The summed E-state index contributed by atoms with van der Waals surface area (Å²) in [5.41, 5.74) is 1.90. The monoisotopic (exact) mass is 394 g/mol. The van der Waals surface area contributed by atoms with Crippen molar-refractivity contribution in [2.24, 2.45) is 0 Å². The summed E-state index contributed by atoms with van der Waals surface area (Å²) in [6.45, 7) is 0.113. The van der Waals surface area contributed by atoms with Crippen molar-refractivity contribution in [2.45, 2.75) is 32.1 Å². The minimum Gasteiger partial charge on any atom is -0.488 e. The van der Waals surface area contributed by atoms with Gasteiger partial charge in [0.15, 0.2) is 0 Å². The average Bonchev–Trinajstić information content (AvgIpc) is 2.98. The zero-order valence-electron chi connectivity index (χ0n) is 15.4. The van der Waals surface area contributed by atoms with Crippen LogP contribution in [0.3, 0.4) is 0 Å². The van der Waals surface area contributed by atoms with Gasteiger partial charge in [0.1, 0.15) is 18.4 Å². The normalized spacial score (nSPS) is 18.7. The van der Waals surface area contributed by atoms with E-state index in [0.29, 0.717) is 0 Å². The number of nitrogens with one attached hydrogen (secondary N) is 1. The number of imide groups is 2. The van der Waals surface area contributed by atoms with Gasteiger partial charge in [0.2, 0.25) is 11.8 Å². The number of rotatable bonds is 5. The average molecular weight is 394 g/mol. The minimum absolute atomic E-state index is 0.0554. The Bertz CT molecular complexity index is 1010. The SMILES string of the molecule is O=C1CCC(N2C(=O)c3cccc(OCc4ccc(CO)cc4)c3C2=O)C(=O)N1. The standard InChI is InChI=1S/C21H18N2O6/c24-10-12-4-6-13(7-5-12)11-29-16-3-1-2-14-18(16)21(28)23(20(14)27)15-8-9-17(25)22-19(15)26/h1-7,15,24H,8-11H2,(H,22,25,26). The van der Waals surface area contributed by atoms with E-state index in [1.165, 1.54) is 6.07 Å². The van der Waals surface area contributed by atoms with Gasteiger partial charge in [-0.2, -0.15) is 0 Å². The molecule has 0 bridgehead atoms. The summed E-state index contributed by atoms with van der Waals surface area (Å²) in [6, 6.07) is 10.9. The number of hydrogen-bond donors (Lipinski definition) is 2. The number of aliphatic hydroxyl groups is 1. The highest BCUT2D eigenvalue weighted by Gasteiger charge is 2.45. The van der Waals surface area contributed by atoms with Crippen LogP contribution < -0.4 is 10.1 Å². The Morgan fingerprint density at radius 3 is 2.41 bits per heavy atom. The third kappa shape index (κ3) is 3.38. The van der Waals surface area contributed by atoms with Gasteiger partial charge < -0.3 is 9.84 Å². The maximum Gasteiger partial charge on any atom is 0.266 e. The molecule has 0 aromatic heterocycles. The van der Waals surface area contributed by atoms with E-state index in [1.54, 1.807) is 36.4 Å². The lowest BCUT2D eigenvalue weighted by atomic mass is 10.0. The van der Waals surface area contributed by atoms with E-state index >= 15 is 0 Å². The molecule has 1 saturated heterocycles. The Labute approximate surface area is 166 Å². The van der Waals surface area contributed by atoms with E-state index in [1.807, 2.05) is 0 Å². The molecule has 8 heteroatoms. The fraction of sp³-hybridized carbons (Fsp3) is 0.238. The number of carbonyl (C=O) groups is 4. The molecule has 2 aliphatic rings. The molecule has 0 spiro atoms. The van der Waals surface area contributed by atoms with Crippen LogP contribution in [0.4, 0.5) is 0 Å². The fourth-order valence-electron chi connectivity index (χ4n) is 3.51. The molecule has 4 amide bonds. The predicted octanol–water partition coefficient (Wildman–Crippen LogP) is 1.16. The first-order valence-electron chi connectivity index (χ1n) is 9.15. The van der Waals surface area contributed by atoms with Crippen molar-refractivity contribution in [2.75, 3.05) is 0 Å². The smallest absolute Gasteiger partial charge is 0.266 e. The second-order valence-corrected chi connectivity index (χ2v) is 6.89. The van der Waals surface area contributed by atoms with Crippen LogP contribution in [0.25, 0.3) is 0 Å². The number of benzene rings is 2. The number of hydrogen-bond acceptors (Lipinski definition) is 6. The molecule has 1 fully saturated rings. The Kier molecular flexibility index (Phi) is 4.85. The van der Waals surface area contributed by atoms with Crippen LogP contribution in [0.15, 0.2) is 42.5 Å². The summed E-state index contributed by atoms with van der Waals surface area (Å²) in [4.78, 5) is 50.2. The Morgan fingerprint density at radius 2 is 1.72 bits per heavy atom. The maximum atomic E-state index is 13.0. The molecular formula is C21H18N2O6. The molecule has 29 heavy (non-hydrogen) atoms. The summed E-state index contributed by atoms with van der Waals surface area (Å²) >= 11 is 0. The first-order chi connectivity index (χ1) is 14.0. The number of carbonyl (C=O) groups excluding carboxylic acids is 4. The third-order valence-electron chi connectivity index (χ3n) is 5.03. The second kappa shape index (κ2) is 7.48. The lowest BCUT2D eigenvalue weighted by molar-refractivity contribution is -0.136. The van der Waals surface area contributed by atoms with Gasteiger partial charge >= 0.3 is 0 Å². The van der Waals surface area contributed by atoms with Crippen LogP contribution in [-0.4, -0.2) is 39.7 Å². The fourth-order valence-corrected chi connectivity index (χ4v) is 3.51. The molecule has 8 nitrogen and oxygen atoms in total. The number of amides is 4. The molecule has 0 aliphatic carbocycles. The molecule has 1 unspecified atom stereocenters. The van der Waals surface area contributed by atoms with Crippen LogP contribution in [0.2, 0.25) is 0 Å². The van der Waals surface area contributed by atoms with Crippen LogP contribution in [0.5, 0.6) is 5.75 Å². The molecule has 0 radical (unpaired) electrons. The molecule has 2 N–H and O–H groups in total. The Morgan fingerprint density at radius 1 is 1.00 bits per heavy atom. The van der Waals surface area contributed by atoms with E-state index in [4.69, 9.17) is 9.84 Å². The molecule has 2 aromatic rings. The zero-order valence-corrected chi connectivity index (χ0v) is 15.4. The molecule has 2 aliphatic heterocycles. The second-order valence-electron chi connectivity index (χ2n) is 6.89. The maximum absolute atomic E-state index is 13.0. The van der Waals surface area contributed by atoms with E-state index in [9.17, 15) is 19.2 Å². The Balaban J connectivity index is 1.57. The van der Waals surface area contributed by atoms with Gasteiger partial charge in [0, 0.05) is 6.42 Å². The Hall–Kier alpha value is -3.52. The topological polar surface area (TPSA) is 113 Å². The van der Waals surface area contributed by atoms with Gasteiger partial charge in [-0.1, -0.05) is 30.3 Å². The van der Waals surface area contributed by atoms with E-state index in [2.05, 4.69) is 5.32 Å². The van der Waals surface area contributed by atoms with Crippen LogP contribution in [-0.2, 0) is 22.8 Å². The highest BCUT2D eigenvalue weighted by atomic mass is 16.5. The van der Waals surface area contributed by atoms with Gasteiger partial charge in [-0.15, -0.1) is 0 Å². The molecule has 2 heterocycles. The molecule has 4 rings (SSSR count). The van der Waals surface area contributed by atoms with Gasteiger partial charge in [0.05, 0.1) is 17.7 Å². The summed E-state index contributed by atoms with van der Waals surface area (Å²) in [5, 5.41) is 11.3. The number of aliphatic hydroxyl groups excluding tert-OH is 1. The highest BCUT2D eigenvalue weighted by molar-refractivity contribution is 6.24. The molecule has 0 saturated carbocycles. The third-order valence-corrected chi connectivity index (χ3v) is 5.03. The highest BCUT2D eigenvalue weighted by Crippen LogP contribution is 2.34. The van der Waals surface area contributed by atoms with Crippen LogP contribution in [0, 0.1) is 0 Å². The van der Waals surface area contributed by atoms with Gasteiger partial charge in [-0.05, 0) is 29.7 Å². The molecule has 2 aromatic carbocycles. The van der Waals surface area contributed by atoms with E-state index < -0.39 is 29.7 Å². The zero-order chi connectivity index (χ0) is 20.5. The van der Waals surface area contributed by atoms with E-state index in [0.717, 1.165) is 16.0 Å². The number of nitrogens with zero attached hydrogens (tertiary/aromatic N) is 1. The lowest BCUT2D eigenvalue weighted by Crippen LogP contribution is -2.54. The number of piperidine rings is 1. The lowest BCUT2D eigenvalue weighted by Gasteiger charge is -2.27. The van der Waals surface area contributed by atoms with Crippen molar-refractivity contribution in [1.29, 1.82) is 0 Å². The summed E-state index contributed by atoms with van der Waals surface area (Å²) in [6.07, 6.45) is 0.167. The predicted molar refractivity (Wildman–Crippen MR) is 99.8 cm³/mol. The van der Waals surface area contributed by atoms with Crippen LogP contribution >= 0.6 is 0 Å². The van der Waals surface area contributed by atoms with Crippen molar-refractivity contribution < 1.29 is 29.0 Å². The first-order valence-corrected chi connectivity index (χ1v) is 9.15. The largest absolute Gasteiger partial charge is 0.488 e. The van der Waals surface area contributed by atoms with Crippen LogP contribution in [0.1, 0.15) is 44.7 Å². The van der Waals surface area contributed by atoms with Crippen molar-refractivity contribution in [3.05, 3.63) is 64.7 Å². The number of fused-ring (bicyclic) bond motifs is 1. The van der Waals surface area contributed by atoms with Gasteiger partial charge in [-0.3, -0.25) is 29.4 Å². The van der Waals surface area contributed by atoms with Crippen molar-refractivity contribution in [1.82, 2.24) is 10.2 Å². The molecule has 1 atom stereocenters. The van der Waals surface area contributed by atoms with E-state index in [-0.39, 0.29) is 42.9 Å². The minimum atomic E-state index is -1.01. The van der Waals surface area contributed by atoms with Gasteiger partial charge in [-0.25, -0.2) is 0 Å². The van der Waals surface area contributed by atoms with Crippen molar-refractivity contribution >= 4 is 23.6 Å². The summed E-state index contributed by atoms with van der Waals surface area (Å²) < 4.78 is 5.79. The first kappa shape index (κ1) is 18.8. The quantitative estimate of drug-likeness (QED) is 0.736. The summed E-state index contributed by atoms with van der Waals surface area (Å²) in [7, 11) is 0. The van der Waals surface area contributed by atoms with Crippen molar-refractivity contribution in [3.8, 4) is 5.75 Å². The number of ether oxygens (including phenoxy) is 1. The molecule has 148 valence electrons. The van der Waals surface area contributed by atoms with Crippen molar-refractivity contribution in [3.63, 3.8) is 0 Å². The van der Waals surface area contributed by atoms with Gasteiger partial charge in [0.25, 0.3) is 11.8 Å². The molecular weight excluding hydrogens is 376 g/mol.